The zero-order valence-electron chi connectivity index (χ0n) is 17.5. The van der Waals surface area contributed by atoms with Crippen molar-refractivity contribution >= 4 is 29.1 Å². The number of imidazole rings is 1. The van der Waals surface area contributed by atoms with Crippen LogP contribution >= 0.6 is 23.2 Å². The molecule has 0 spiro atoms. The van der Waals surface area contributed by atoms with Gasteiger partial charge in [-0.25, -0.2) is 4.98 Å². The van der Waals surface area contributed by atoms with Gasteiger partial charge < -0.3 is 9.47 Å². The first-order valence-corrected chi connectivity index (χ1v) is 11.5. The molecule has 0 fully saturated rings. The molecule has 0 bridgehead atoms. The Bertz CT molecular complexity index is 719. The second kappa shape index (κ2) is 13.7. The van der Waals surface area contributed by atoms with Crippen LogP contribution in [0.25, 0.3) is 0 Å². The van der Waals surface area contributed by atoms with E-state index in [-0.39, 0.29) is 5.91 Å². The molecule has 0 saturated heterocycles. The van der Waals surface area contributed by atoms with Gasteiger partial charge in [-0.15, -0.1) is 0 Å². The molecule has 0 aliphatic carbocycles. The highest BCUT2D eigenvalue weighted by molar-refractivity contribution is 6.42. The zero-order chi connectivity index (χ0) is 20.9. The molecule has 6 heteroatoms. The van der Waals surface area contributed by atoms with E-state index in [1.807, 2.05) is 34.1 Å². The van der Waals surface area contributed by atoms with Gasteiger partial charge in [-0.05, 0) is 30.5 Å². The molecule has 1 heterocycles. The molecule has 160 valence electrons. The predicted octanol–water partition coefficient (Wildman–Crippen LogP) is 6.75. The Morgan fingerprint density at radius 1 is 1.03 bits per heavy atom. The number of amides is 1. The SMILES string of the molecule is CCCCCCCCCC(=O)N(CCCn1ccnc1)Cc1ccc(Cl)c(Cl)c1. The highest BCUT2D eigenvalue weighted by Gasteiger charge is 2.14. The van der Waals surface area contributed by atoms with Crippen LogP contribution < -0.4 is 0 Å². The summed E-state index contributed by atoms with van der Waals surface area (Å²) in [6, 6.07) is 5.59. The Labute approximate surface area is 185 Å². The van der Waals surface area contributed by atoms with Gasteiger partial charge in [0, 0.05) is 38.4 Å². The van der Waals surface area contributed by atoms with Crippen LogP contribution in [0.5, 0.6) is 0 Å². The van der Waals surface area contributed by atoms with Crippen molar-refractivity contribution in [2.75, 3.05) is 6.54 Å². The third-order valence-corrected chi connectivity index (χ3v) is 5.85. The Morgan fingerprint density at radius 3 is 2.48 bits per heavy atom. The van der Waals surface area contributed by atoms with Gasteiger partial charge in [-0.2, -0.15) is 0 Å². The molecule has 1 amide bonds. The van der Waals surface area contributed by atoms with Crippen LogP contribution in [0.15, 0.2) is 36.9 Å². The van der Waals surface area contributed by atoms with Crippen molar-refractivity contribution in [1.82, 2.24) is 14.5 Å². The van der Waals surface area contributed by atoms with Crippen molar-refractivity contribution in [1.29, 1.82) is 0 Å². The smallest absolute Gasteiger partial charge is 0.222 e. The summed E-state index contributed by atoms with van der Waals surface area (Å²) < 4.78 is 2.04. The monoisotopic (exact) mass is 437 g/mol. The first kappa shape index (κ1) is 23.8. The maximum absolute atomic E-state index is 12.9. The average Bonchev–Trinajstić information content (AvgIpc) is 3.22. The summed E-state index contributed by atoms with van der Waals surface area (Å²) in [7, 11) is 0. The molecule has 0 saturated carbocycles. The van der Waals surface area contributed by atoms with Crippen molar-refractivity contribution in [3.8, 4) is 0 Å². The number of aryl methyl sites for hydroxylation is 1. The Morgan fingerprint density at radius 2 is 1.79 bits per heavy atom. The third kappa shape index (κ3) is 9.22. The summed E-state index contributed by atoms with van der Waals surface area (Å²) in [5.74, 6) is 0.218. The fourth-order valence-electron chi connectivity index (χ4n) is 3.40. The number of halogens is 2. The molecule has 0 atom stereocenters. The second-order valence-corrected chi connectivity index (χ2v) is 8.40. The molecule has 0 aliphatic rings. The average molecular weight is 438 g/mol. The van der Waals surface area contributed by atoms with Crippen LogP contribution in [0.2, 0.25) is 10.0 Å². The Kier molecular flexibility index (Phi) is 11.2. The van der Waals surface area contributed by atoms with E-state index in [0.717, 1.165) is 31.4 Å². The third-order valence-electron chi connectivity index (χ3n) is 5.11. The van der Waals surface area contributed by atoms with Gasteiger partial charge in [0.15, 0.2) is 0 Å². The van der Waals surface area contributed by atoms with Crippen molar-refractivity contribution in [3.05, 3.63) is 52.5 Å². The summed E-state index contributed by atoms with van der Waals surface area (Å²) >= 11 is 12.2. The fraction of sp³-hybridized carbons (Fsp3) is 0.565. The highest BCUT2D eigenvalue weighted by atomic mass is 35.5. The minimum Gasteiger partial charge on any atom is -0.338 e. The largest absolute Gasteiger partial charge is 0.338 e. The number of carbonyl (C=O) groups excluding carboxylic acids is 1. The molecule has 2 rings (SSSR count). The van der Waals surface area contributed by atoms with E-state index in [4.69, 9.17) is 23.2 Å². The van der Waals surface area contributed by atoms with Gasteiger partial charge in [0.05, 0.1) is 16.4 Å². The molecule has 0 N–H and O–H groups in total. The second-order valence-electron chi connectivity index (χ2n) is 7.59. The first-order chi connectivity index (χ1) is 14.1. The number of hydrogen-bond acceptors (Lipinski definition) is 2. The van der Waals surface area contributed by atoms with Crippen molar-refractivity contribution in [2.45, 2.75) is 77.8 Å². The van der Waals surface area contributed by atoms with E-state index in [0.29, 0.717) is 29.6 Å². The predicted molar refractivity (Wildman–Crippen MR) is 121 cm³/mol. The normalized spacial score (nSPS) is 11.0. The lowest BCUT2D eigenvalue weighted by Crippen LogP contribution is -2.31. The van der Waals surface area contributed by atoms with Crippen LogP contribution in [0, 0.1) is 0 Å². The molecule has 0 aliphatic heterocycles. The van der Waals surface area contributed by atoms with Crippen molar-refractivity contribution in [2.24, 2.45) is 0 Å². The maximum Gasteiger partial charge on any atom is 0.222 e. The van der Waals surface area contributed by atoms with Gasteiger partial charge in [-0.3, -0.25) is 4.79 Å². The minimum atomic E-state index is 0.218. The summed E-state index contributed by atoms with van der Waals surface area (Å²) in [6.07, 6.45) is 15.5. The summed E-state index contributed by atoms with van der Waals surface area (Å²) in [5, 5.41) is 1.07. The van der Waals surface area contributed by atoms with Crippen molar-refractivity contribution in [3.63, 3.8) is 0 Å². The van der Waals surface area contributed by atoms with Crippen LogP contribution in [-0.2, 0) is 17.9 Å². The summed E-state index contributed by atoms with van der Waals surface area (Å²) in [6.45, 7) is 4.36. The first-order valence-electron chi connectivity index (χ1n) is 10.8. The molecule has 1 aromatic carbocycles. The van der Waals surface area contributed by atoms with Gasteiger partial charge in [0.25, 0.3) is 0 Å². The zero-order valence-corrected chi connectivity index (χ0v) is 19.0. The molecule has 1 aromatic heterocycles. The van der Waals surface area contributed by atoms with Crippen LogP contribution in [0.1, 0.15) is 70.3 Å². The van der Waals surface area contributed by atoms with Gasteiger partial charge in [-0.1, -0.05) is 74.7 Å². The highest BCUT2D eigenvalue weighted by Crippen LogP contribution is 2.23. The molecule has 2 aromatic rings. The lowest BCUT2D eigenvalue weighted by atomic mass is 10.1. The summed E-state index contributed by atoms with van der Waals surface area (Å²) in [4.78, 5) is 18.9. The molecular formula is C23H33Cl2N3O. The van der Waals surface area contributed by atoms with E-state index < -0.39 is 0 Å². The lowest BCUT2D eigenvalue weighted by Gasteiger charge is -2.23. The van der Waals surface area contributed by atoms with Crippen LogP contribution in [0.4, 0.5) is 0 Å². The number of benzene rings is 1. The van der Waals surface area contributed by atoms with Crippen LogP contribution in [-0.4, -0.2) is 26.9 Å². The molecule has 29 heavy (non-hydrogen) atoms. The van der Waals surface area contributed by atoms with E-state index in [2.05, 4.69) is 11.9 Å². The molecule has 4 nitrogen and oxygen atoms in total. The molecule has 0 radical (unpaired) electrons. The van der Waals surface area contributed by atoms with E-state index in [1.165, 1.54) is 32.1 Å². The van der Waals surface area contributed by atoms with Gasteiger partial charge >= 0.3 is 0 Å². The van der Waals surface area contributed by atoms with E-state index >= 15 is 0 Å². The van der Waals surface area contributed by atoms with Gasteiger partial charge in [0.1, 0.15) is 0 Å². The number of rotatable bonds is 14. The van der Waals surface area contributed by atoms with Crippen molar-refractivity contribution < 1.29 is 4.79 Å². The number of carbonyl (C=O) groups is 1. The lowest BCUT2D eigenvalue weighted by molar-refractivity contribution is -0.132. The number of aromatic nitrogens is 2. The standard InChI is InChI=1S/C23H33Cl2N3O/c1-2-3-4-5-6-7-8-10-23(29)28(15-9-14-27-16-13-26-19-27)18-20-11-12-21(24)22(25)17-20/h11-13,16-17,19H,2-10,14-15,18H2,1H3. The molecule has 0 unspecified atom stereocenters. The van der Waals surface area contributed by atoms with E-state index in [9.17, 15) is 4.79 Å². The Hall–Kier alpha value is -1.52. The van der Waals surface area contributed by atoms with E-state index in [1.54, 1.807) is 12.3 Å². The minimum absolute atomic E-state index is 0.218. The fourth-order valence-corrected chi connectivity index (χ4v) is 3.73. The van der Waals surface area contributed by atoms with Crippen LogP contribution in [0.3, 0.4) is 0 Å². The maximum atomic E-state index is 12.9. The Balaban J connectivity index is 1.84. The quantitative estimate of drug-likeness (QED) is 0.306. The topological polar surface area (TPSA) is 38.1 Å². The summed E-state index contributed by atoms with van der Waals surface area (Å²) in [5.41, 5.74) is 1.01. The number of nitrogens with zero attached hydrogens (tertiary/aromatic N) is 3. The number of unbranched alkanes of at least 4 members (excludes halogenated alkanes) is 6. The molecular weight excluding hydrogens is 405 g/mol. The number of hydrogen-bond donors (Lipinski definition) is 0. The van der Waals surface area contributed by atoms with Gasteiger partial charge in [0.2, 0.25) is 5.91 Å².